The van der Waals surface area contributed by atoms with Crippen LogP contribution < -0.4 is 15.2 Å². The molecule has 1 aromatic rings. The summed E-state index contributed by atoms with van der Waals surface area (Å²) >= 11 is 0. The number of ether oxygens (including phenoxy) is 3. The van der Waals surface area contributed by atoms with Crippen LogP contribution in [-0.2, 0) is 9.53 Å². The van der Waals surface area contributed by atoms with Gasteiger partial charge in [-0.3, -0.25) is 0 Å². The Morgan fingerprint density at radius 3 is 2.50 bits per heavy atom. The van der Waals surface area contributed by atoms with Gasteiger partial charge in [-0.15, -0.1) is 0 Å². The van der Waals surface area contributed by atoms with Crippen molar-refractivity contribution in [3.8, 4) is 11.5 Å². The second-order valence-electron chi connectivity index (χ2n) is 3.93. The maximum absolute atomic E-state index is 13.9. The molecule has 0 unspecified atom stereocenters. The lowest BCUT2D eigenvalue weighted by atomic mass is 10.00. The standard InChI is InChI=1S/C13H17F2NO4/c1-4-20-12(17)13(14,15)11(16)9-7-8(18-2)5-6-10(9)19-3/h5-7,11H,4,16H2,1-3H3/t11-/m0/s1. The van der Waals surface area contributed by atoms with Gasteiger partial charge in [0.15, 0.2) is 0 Å². The van der Waals surface area contributed by atoms with Crippen molar-refractivity contribution in [2.75, 3.05) is 20.8 Å². The Morgan fingerprint density at radius 2 is 2.00 bits per heavy atom. The number of nitrogens with two attached hydrogens (primary N) is 1. The van der Waals surface area contributed by atoms with Gasteiger partial charge in [-0.05, 0) is 25.1 Å². The number of carbonyl (C=O) groups is 1. The number of esters is 1. The van der Waals surface area contributed by atoms with Gasteiger partial charge in [0, 0.05) is 5.56 Å². The SMILES string of the molecule is CCOC(=O)C(F)(F)[C@@H](N)c1cc(OC)ccc1OC. The number of alkyl halides is 2. The molecule has 0 fully saturated rings. The van der Waals surface area contributed by atoms with E-state index in [-0.39, 0.29) is 17.9 Å². The minimum atomic E-state index is -3.87. The van der Waals surface area contributed by atoms with Crippen molar-refractivity contribution in [1.29, 1.82) is 0 Å². The summed E-state index contributed by atoms with van der Waals surface area (Å²) in [5.41, 5.74) is 5.48. The first-order valence-corrected chi connectivity index (χ1v) is 5.91. The first-order valence-electron chi connectivity index (χ1n) is 5.91. The van der Waals surface area contributed by atoms with E-state index in [0.29, 0.717) is 5.75 Å². The van der Waals surface area contributed by atoms with Gasteiger partial charge >= 0.3 is 11.9 Å². The van der Waals surface area contributed by atoms with Crippen LogP contribution in [0.3, 0.4) is 0 Å². The summed E-state index contributed by atoms with van der Waals surface area (Å²) in [6.07, 6.45) is 0. The zero-order valence-electron chi connectivity index (χ0n) is 11.5. The van der Waals surface area contributed by atoms with Crippen LogP contribution in [0.5, 0.6) is 11.5 Å². The lowest BCUT2D eigenvalue weighted by Crippen LogP contribution is -2.41. The summed E-state index contributed by atoms with van der Waals surface area (Å²) in [7, 11) is 2.71. The maximum Gasteiger partial charge on any atom is 0.379 e. The van der Waals surface area contributed by atoms with Gasteiger partial charge in [0.1, 0.15) is 17.5 Å². The zero-order valence-corrected chi connectivity index (χ0v) is 11.5. The number of hydrogen-bond acceptors (Lipinski definition) is 5. The van der Waals surface area contributed by atoms with Crippen LogP contribution in [0.25, 0.3) is 0 Å². The molecule has 20 heavy (non-hydrogen) atoms. The second kappa shape index (κ2) is 6.51. The van der Waals surface area contributed by atoms with Crippen molar-refractivity contribution in [2.45, 2.75) is 18.9 Å². The second-order valence-corrected chi connectivity index (χ2v) is 3.93. The number of benzene rings is 1. The highest BCUT2D eigenvalue weighted by atomic mass is 19.3. The average molecular weight is 289 g/mol. The maximum atomic E-state index is 13.9. The summed E-state index contributed by atoms with van der Waals surface area (Å²) in [6, 6.07) is 2.38. The smallest absolute Gasteiger partial charge is 0.379 e. The highest BCUT2D eigenvalue weighted by Crippen LogP contribution is 2.37. The average Bonchev–Trinajstić information content (AvgIpc) is 2.45. The molecule has 0 amide bonds. The third kappa shape index (κ3) is 3.16. The van der Waals surface area contributed by atoms with Gasteiger partial charge in [-0.2, -0.15) is 8.78 Å². The molecule has 0 saturated carbocycles. The molecule has 5 nitrogen and oxygen atoms in total. The molecule has 0 heterocycles. The van der Waals surface area contributed by atoms with Crippen LogP contribution in [-0.4, -0.2) is 32.7 Å². The Kier molecular flexibility index (Phi) is 5.26. The van der Waals surface area contributed by atoms with Crippen molar-refractivity contribution in [1.82, 2.24) is 0 Å². The van der Waals surface area contributed by atoms with E-state index in [2.05, 4.69) is 4.74 Å². The van der Waals surface area contributed by atoms with Crippen LogP contribution >= 0.6 is 0 Å². The van der Waals surface area contributed by atoms with E-state index in [1.165, 1.54) is 39.3 Å². The fraction of sp³-hybridized carbons (Fsp3) is 0.462. The quantitative estimate of drug-likeness (QED) is 0.810. The predicted octanol–water partition coefficient (Wildman–Crippen LogP) is 1.90. The Bertz CT molecular complexity index is 479. The van der Waals surface area contributed by atoms with E-state index in [4.69, 9.17) is 15.2 Å². The number of hydrogen-bond donors (Lipinski definition) is 1. The fourth-order valence-corrected chi connectivity index (χ4v) is 1.63. The molecule has 112 valence electrons. The van der Waals surface area contributed by atoms with E-state index >= 15 is 0 Å². The molecule has 0 aliphatic rings. The van der Waals surface area contributed by atoms with E-state index in [1.54, 1.807) is 0 Å². The summed E-state index contributed by atoms with van der Waals surface area (Å²) in [6.45, 7) is 1.28. The fourth-order valence-electron chi connectivity index (χ4n) is 1.63. The largest absolute Gasteiger partial charge is 0.497 e. The minimum absolute atomic E-state index is 0.0371. The molecule has 1 aromatic carbocycles. The topological polar surface area (TPSA) is 70.8 Å². The Hall–Kier alpha value is -1.89. The molecule has 0 saturated heterocycles. The van der Waals surface area contributed by atoms with E-state index < -0.39 is 17.9 Å². The molecule has 2 N–H and O–H groups in total. The minimum Gasteiger partial charge on any atom is -0.497 e. The van der Waals surface area contributed by atoms with Crippen molar-refractivity contribution in [3.63, 3.8) is 0 Å². The molecule has 7 heteroatoms. The molecule has 0 bridgehead atoms. The van der Waals surface area contributed by atoms with Gasteiger partial charge in [0.2, 0.25) is 0 Å². The Labute approximate surface area is 115 Å². The van der Waals surface area contributed by atoms with Crippen LogP contribution in [0.15, 0.2) is 18.2 Å². The van der Waals surface area contributed by atoms with Gasteiger partial charge < -0.3 is 19.9 Å². The van der Waals surface area contributed by atoms with Crippen molar-refractivity contribution in [2.24, 2.45) is 5.73 Å². The number of halogens is 2. The monoisotopic (exact) mass is 289 g/mol. The Balaban J connectivity index is 3.18. The van der Waals surface area contributed by atoms with Crippen molar-refractivity contribution in [3.05, 3.63) is 23.8 Å². The highest BCUT2D eigenvalue weighted by molar-refractivity contribution is 5.79. The third-order valence-electron chi connectivity index (χ3n) is 2.71. The molecule has 1 rings (SSSR count). The zero-order chi connectivity index (χ0) is 15.3. The Morgan fingerprint density at radius 1 is 1.35 bits per heavy atom. The number of rotatable bonds is 6. The summed E-state index contributed by atoms with van der Waals surface area (Å²) in [4.78, 5) is 11.3. The van der Waals surface area contributed by atoms with Crippen LogP contribution in [0.4, 0.5) is 8.78 Å². The van der Waals surface area contributed by atoms with Gasteiger partial charge in [0.05, 0.1) is 20.8 Å². The molecular weight excluding hydrogens is 272 g/mol. The molecular formula is C13H17F2NO4. The molecule has 0 aliphatic carbocycles. The van der Waals surface area contributed by atoms with E-state index in [9.17, 15) is 13.6 Å². The normalized spacial score (nSPS) is 12.7. The molecule has 1 atom stereocenters. The lowest BCUT2D eigenvalue weighted by Gasteiger charge is -2.23. The summed E-state index contributed by atoms with van der Waals surface area (Å²) in [5.74, 6) is -5.06. The number of carbonyl (C=O) groups excluding carboxylic acids is 1. The molecule has 0 aromatic heterocycles. The van der Waals surface area contributed by atoms with Gasteiger partial charge in [-0.25, -0.2) is 4.79 Å². The van der Waals surface area contributed by atoms with E-state index in [0.717, 1.165) is 0 Å². The van der Waals surface area contributed by atoms with E-state index in [1.807, 2.05) is 0 Å². The van der Waals surface area contributed by atoms with Gasteiger partial charge in [0.25, 0.3) is 0 Å². The molecule has 0 radical (unpaired) electrons. The van der Waals surface area contributed by atoms with Crippen LogP contribution in [0.2, 0.25) is 0 Å². The summed E-state index contributed by atoms with van der Waals surface area (Å²) < 4.78 is 42.2. The first kappa shape index (κ1) is 16.2. The van der Waals surface area contributed by atoms with Crippen molar-refractivity contribution >= 4 is 5.97 Å². The van der Waals surface area contributed by atoms with Crippen LogP contribution in [0.1, 0.15) is 18.5 Å². The van der Waals surface area contributed by atoms with Gasteiger partial charge in [-0.1, -0.05) is 0 Å². The van der Waals surface area contributed by atoms with Crippen molar-refractivity contribution < 1.29 is 27.8 Å². The predicted molar refractivity (Wildman–Crippen MR) is 68.1 cm³/mol. The third-order valence-corrected chi connectivity index (χ3v) is 2.71. The number of methoxy groups -OCH3 is 2. The highest BCUT2D eigenvalue weighted by Gasteiger charge is 2.48. The summed E-state index contributed by atoms with van der Waals surface area (Å²) in [5, 5.41) is 0. The van der Waals surface area contributed by atoms with Crippen LogP contribution in [0, 0.1) is 0 Å². The lowest BCUT2D eigenvalue weighted by molar-refractivity contribution is -0.174. The first-order chi connectivity index (χ1) is 9.38. The molecule has 0 aliphatic heterocycles. The molecule has 0 spiro atoms.